The lowest BCUT2D eigenvalue weighted by Crippen LogP contribution is -2.49. The van der Waals surface area contributed by atoms with Crippen LogP contribution in [0.15, 0.2) is 30.3 Å². The van der Waals surface area contributed by atoms with E-state index in [0.29, 0.717) is 12.5 Å². The molecule has 13 heteroatoms. The van der Waals surface area contributed by atoms with Gasteiger partial charge >= 0.3 is 12.3 Å². The Labute approximate surface area is 216 Å². The van der Waals surface area contributed by atoms with E-state index >= 15 is 0 Å². The molecule has 3 rings (SSSR count). The second kappa shape index (κ2) is 11.8. The molecule has 0 spiro atoms. The van der Waals surface area contributed by atoms with E-state index in [4.69, 9.17) is 4.74 Å². The summed E-state index contributed by atoms with van der Waals surface area (Å²) in [6.45, 7) is 2.68. The lowest BCUT2D eigenvalue weighted by atomic mass is 9.99. The van der Waals surface area contributed by atoms with E-state index in [1.807, 2.05) is 6.92 Å². The van der Waals surface area contributed by atoms with Gasteiger partial charge in [0.1, 0.15) is 23.4 Å². The van der Waals surface area contributed by atoms with Crippen LogP contribution in [0.25, 0.3) is 0 Å². The number of unbranched alkanes of at least 4 members (excludes halogenated alkanes) is 1. The molecule has 2 aromatic rings. The molecule has 0 bridgehead atoms. The van der Waals surface area contributed by atoms with Crippen LogP contribution in [0.3, 0.4) is 0 Å². The molecule has 206 valence electrons. The van der Waals surface area contributed by atoms with E-state index < -0.39 is 59.8 Å². The van der Waals surface area contributed by atoms with Gasteiger partial charge in [0.05, 0.1) is 17.9 Å². The number of benzene rings is 1. The molecule has 0 unspecified atom stereocenters. The van der Waals surface area contributed by atoms with Crippen molar-refractivity contribution in [1.82, 2.24) is 4.98 Å². The fraction of sp³-hybridized carbons (Fsp3) is 0.440. The minimum Gasteiger partial charge on any atom is -0.449 e. The number of nitrogens with one attached hydrogen (secondary N) is 1. The number of likely N-dealkylation sites (N-methyl/N-ethyl adjacent to an activating group) is 1. The Kier molecular flexibility index (Phi) is 8.92. The summed E-state index contributed by atoms with van der Waals surface area (Å²) in [7, 11) is 1.25. The summed E-state index contributed by atoms with van der Waals surface area (Å²) >= 11 is 0. The molecule has 1 aliphatic rings. The maximum absolute atomic E-state index is 14.7. The number of aliphatic hydroxyl groups excluding tert-OH is 1. The van der Waals surface area contributed by atoms with Crippen LogP contribution in [-0.2, 0) is 20.5 Å². The number of hydrogen-bond acceptors (Lipinski definition) is 6. The number of hydrogen-bond donors (Lipinski definition) is 2. The summed E-state index contributed by atoms with van der Waals surface area (Å²) in [5.41, 5.74) is -1.55. The predicted molar refractivity (Wildman–Crippen MR) is 130 cm³/mol. The van der Waals surface area contributed by atoms with Crippen LogP contribution in [0, 0.1) is 18.7 Å². The number of ether oxygens (including phenoxy) is 1. The number of alkyl halides is 3. The van der Waals surface area contributed by atoms with Gasteiger partial charge in [-0.15, -0.1) is 0 Å². The highest BCUT2D eigenvalue weighted by Gasteiger charge is 2.47. The van der Waals surface area contributed by atoms with Gasteiger partial charge in [-0.2, -0.15) is 13.2 Å². The van der Waals surface area contributed by atoms with Gasteiger partial charge in [0.25, 0.3) is 0 Å². The summed E-state index contributed by atoms with van der Waals surface area (Å²) in [5, 5.41) is 12.2. The summed E-state index contributed by atoms with van der Waals surface area (Å²) < 4.78 is 60.0. The smallest absolute Gasteiger partial charge is 0.416 e. The van der Waals surface area contributed by atoms with E-state index in [1.54, 1.807) is 0 Å². The first-order chi connectivity index (χ1) is 17.9. The monoisotopic (exact) mass is 540 g/mol. The number of anilines is 3. The van der Waals surface area contributed by atoms with Gasteiger partial charge in [-0.3, -0.25) is 19.8 Å². The minimum atomic E-state index is -4.73. The number of rotatable bonds is 8. The Balaban J connectivity index is 1.99. The number of carbonyl (C=O) groups is 3. The summed E-state index contributed by atoms with van der Waals surface area (Å²) in [6.07, 6.45) is -4.65. The number of aromatic nitrogens is 1. The Morgan fingerprint density at radius 1 is 1.29 bits per heavy atom. The first-order valence-electron chi connectivity index (χ1n) is 11.9. The van der Waals surface area contributed by atoms with Crippen LogP contribution >= 0.6 is 0 Å². The first-order valence-corrected chi connectivity index (χ1v) is 11.9. The molecule has 0 saturated carbocycles. The lowest BCUT2D eigenvalue weighted by molar-refractivity contribution is -0.137. The van der Waals surface area contributed by atoms with Gasteiger partial charge in [-0.05, 0) is 37.6 Å². The average molecular weight is 541 g/mol. The zero-order valence-corrected chi connectivity index (χ0v) is 21.0. The molecule has 9 nitrogen and oxygen atoms in total. The quantitative estimate of drug-likeness (QED) is 0.382. The fourth-order valence-electron chi connectivity index (χ4n) is 4.17. The minimum absolute atomic E-state index is 0.0344. The van der Waals surface area contributed by atoms with Gasteiger partial charge in [-0.1, -0.05) is 19.4 Å². The van der Waals surface area contributed by atoms with Crippen molar-refractivity contribution in [2.24, 2.45) is 5.92 Å². The maximum Gasteiger partial charge on any atom is 0.416 e. The number of halogens is 4. The highest BCUT2D eigenvalue weighted by atomic mass is 19.4. The highest BCUT2D eigenvalue weighted by Crippen LogP contribution is 2.37. The zero-order chi connectivity index (χ0) is 28.2. The van der Waals surface area contributed by atoms with Crippen LogP contribution in [-0.4, -0.2) is 54.3 Å². The largest absolute Gasteiger partial charge is 0.449 e. The van der Waals surface area contributed by atoms with Gasteiger partial charge in [-0.25, -0.2) is 14.2 Å². The van der Waals surface area contributed by atoms with Crippen LogP contribution in [0.4, 0.5) is 39.5 Å². The van der Waals surface area contributed by atoms with Crippen LogP contribution in [0.2, 0.25) is 0 Å². The van der Waals surface area contributed by atoms with Crippen molar-refractivity contribution in [3.05, 3.63) is 47.4 Å². The number of carbonyl (C=O) groups excluding carboxylic acids is 3. The van der Waals surface area contributed by atoms with Crippen molar-refractivity contribution in [1.29, 1.82) is 0 Å². The molecule has 38 heavy (non-hydrogen) atoms. The molecule has 2 heterocycles. The Morgan fingerprint density at radius 2 is 2.00 bits per heavy atom. The molecular formula is C25H28F4N4O5. The van der Waals surface area contributed by atoms with Gasteiger partial charge < -0.3 is 14.7 Å². The lowest BCUT2D eigenvalue weighted by Gasteiger charge is -2.31. The predicted octanol–water partition coefficient (Wildman–Crippen LogP) is 4.27. The molecule has 2 atom stereocenters. The third kappa shape index (κ3) is 6.21. The van der Waals surface area contributed by atoms with Crippen molar-refractivity contribution in [2.75, 3.05) is 35.4 Å². The van der Waals surface area contributed by atoms with Crippen LogP contribution in [0.5, 0.6) is 0 Å². The van der Waals surface area contributed by atoms with E-state index in [0.717, 1.165) is 28.4 Å². The molecule has 1 saturated heterocycles. The molecule has 1 aromatic heterocycles. The van der Waals surface area contributed by atoms with Crippen molar-refractivity contribution >= 4 is 35.1 Å². The summed E-state index contributed by atoms with van der Waals surface area (Å²) in [4.78, 5) is 44.5. The highest BCUT2D eigenvalue weighted by molar-refractivity contribution is 6.10. The molecule has 1 aromatic carbocycles. The average Bonchev–Trinajstić information content (AvgIpc) is 3.19. The standard InChI is InChI=1S/C25H28F4N4O5/c1-4-5-9-38-24(37)31-21-17(26)7-6-8-18(21)32(3)23(36)22-15(13-34)11-20(35)33(22)19-12-16(25(27,28)29)10-14(2)30-19/h6-8,10,12,15,22,34H,4-5,9,11,13H2,1-3H3,(H,31,37)/t15-,22+/m1/s1. The molecular weight excluding hydrogens is 512 g/mol. The normalized spacial score (nSPS) is 17.5. The molecule has 1 fully saturated rings. The summed E-state index contributed by atoms with van der Waals surface area (Å²) in [5.74, 6) is -3.79. The third-order valence-corrected chi connectivity index (χ3v) is 6.07. The van der Waals surface area contributed by atoms with Crippen molar-refractivity contribution in [3.63, 3.8) is 0 Å². The summed E-state index contributed by atoms with van der Waals surface area (Å²) in [6, 6.07) is 3.71. The van der Waals surface area contributed by atoms with E-state index in [9.17, 15) is 37.1 Å². The molecule has 1 aliphatic heterocycles. The topological polar surface area (TPSA) is 112 Å². The SMILES string of the molecule is CCCCOC(=O)Nc1c(F)cccc1N(C)C(=O)[C@@H]1[C@@H](CO)CC(=O)N1c1cc(C(F)(F)F)cc(C)n1. The second-order valence-electron chi connectivity index (χ2n) is 8.85. The molecule has 2 N–H and O–H groups in total. The van der Waals surface area contributed by atoms with Crippen molar-refractivity contribution in [2.45, 2.75) is 45.3 Å². The van der Waals surface area contributed by atoms with Gasteiger partial charge in [0.2, 0.25) is 11.8 Å². The number of nitrogens with zero attached hydrogens (tertiary/aromatic N) is 3. The van der Waals surface area contributed by atoms with E-state index in [2.05, 4.69) is 10.3 Å². The van der Waals surface area contributed by atoms with E-state index in [1.165, 1.54) is 26.1 Å². The Bertz CT molecular complexity index is 1210. The number of aryl methyl sites for hydroxylation is 1. The van der Waals surface area contributed by atoms with Gasteiger partial charge in [0, 0.05) is 31.7 Å². The third-order valence-electron chi connectivity index (χ3n) is 6.07. The number of amides is 3. The fourth-order valence-corrected chi connectivity index (χ4v) is 4.17. The Hall–Kier alpha value is -3.74. The van der Waals surface area contributed by atoms with E-state index in [-0.39, 0.29) is 30.1 Å². The number of aliphatic hydroxyl groups is 1. The van der Waals surface area contributed by atoms with Crippen LogP contribution in [0.1, 0.15) is 37.4 Å². The van der Waals surface area contributed by atoms with Crippen LogP contribution < -0.4 is 15.1 Å². The van der Waals surface area contributed by atoms with Crippen molar-refractivity contribution < 1.29 is 41.8 Å². The number of pyridine rings is 1. The second-order valence-corrected chi connectivity index (χ2v) is 8.85. The number of para-hydroxylation sites is 1. The zero-order valence-electron chi connectivity index (χ0n) is 21.0. The molecule has 0 aliphatic carbocycles. The molecule has 0 radical (unpaired) electrons. The molecule has 3 amide bonds. The van der Waals surface area contributed by atoms with Crippen molar-refractivity contribution in [3.8, 4) is 0 Å². The first kappa shape index (κ1) is 28.8. The maximum atomic E-state index is 14.7. The van der Waals surface area contributed by atoms with Gasteiger partial charge in [0.15, 0.2) is 0 Å². The Morgan fingerprint density at radius 3 is 2.63 bits per heavy atom.